The zero-order valence-electron chi connectivity index (χ0n) is 14.0. The average Bonchev–Trinajstić information content (AvgIpc) is 2.39. The van der Waals surface area contributed by atoms with E-state index in [0.717, 1.165) is 38.7 Å². The summed E-state index contributed by atoms with van der Waals surface area (Å²) < 4.78 is 0. The second-order valence-corrected chi connectivity index (χ2v) is 5.27. The highest BCUT2D eigenvalue weighted by molar-refractivity contribution is 14.0. The van der Waals surface area contributed by atoms with E-state index in [0.29, 0.717) is 5.92 Å². The van der Waals surface area contributed by atoms with Gasteiger partial charge in [-0.3, -0.25) is 4.99 Å². The molecule has 4 nitrogen and oxygen atoms in total. The number of hydrogen-bond donors (Lipinski definition) is 2. The van der Waals surface area contributed by atoms with Gasteiger partial charge in [-0.05, 0) is 45.3 Å². The maximum absolute atomic E-state index is 4.56. The summed E-state index contributed by atoms with van der Waals surface area (Å²) in [6.07, 6.45) is 2.45. The molecule has 0 aliphatic rings. The van der Waals surface area contributed by atoms with Gasteiger partial charge in [0, 0.05) is 19.6 Å². The summed E-state index contributed by atoms with van der Waals surface area (Å²) >= 11 is 0. The van der Waals surface area contributed by atoms with Crippen LogP contribution in [0.4, 0.5) is 0 Å². The molecule has 0 aromatic rings. The van der Waals surface area contributed by atoms with Gasteiger partial charge in [-0.25, -0.2) is 0 Å². The molecule has 0 amide bonds. The number of nitrogens with one attached hydrogen (secondary N) is 2. The molecule has 0 heterocycles. The van der Waals surface area contributed by atoms with Crippen LogP contribution in [-0.4, -0.2) is 50.1 Å². The lowest BCUT2D eigenvalue weighted by Gasteiger charge is -2.18. The second-order valence-electron chi connectivity index (χ2n) is 5.27. The Labute approximate surface area is 143 Å². The van der Waals surface area contributed by atoms with Crippen LogP contribution in [-0.2, 0) is 0 Å². The van der Waals surface area contributed by atoms with Gasteiger partial charge < -0.3 is 15.5 Å². The fraction of sp³-hybridized carbons (Fsp3) is 0.933. The summed E-state index contributed by atoms with van der Waals surface area (Å²) in [5.74, 6) is 1.57. The number of aliphatic imine (C=N–C) groups is 1. The molecule has 0 saturated carbocycles. The molecule has 0 spiro atoms. The van der Waals surface area contributed by atoms with Crippen molar-refractivity contribution < 1.29 is 0 Å². The Morgan fingerprint density at radius 2 is 1.70 bits per heavy atom. The zero-order chi connectivity index (χ0) is 14.5. The first-order valence-electron chi connectivity index (χ1n) is 7.88. The number of halogens is 1. The van der Waals surface area contributed by atoms with Gasteiger partial charge in [-0.1, -0.05) is 27.7 Å². The van der Waals surface area contributed by atoms with E-state index in [2.05, 4.69) is 55.1 Å². The number of nitrogens with zero attached hydrogens (tertiary/aromatic N) is 2. The summed E-state index contributed by atoms with van der Waals surface area (Å²) in [6.45, 7) is 17.3. The quantitative estimate of drug-likeness (QED) is 0.257. The van der Waals surface area contributed by atoms with E-state index in [1.807, 2.05) is 0 Å². The lowest BCUT2D eigenvalue weighted by molar-refractivity contribution is 0.297. The molecule has 0 saturated heterocycles. The summed E-state index contributed by atoms with van der Waals surface area (Å²) in [5, 5.41) is 6.69. The maximum Gasteiger partial charge on any atom is 0.191 e. The summed E-state index contributed by atoms with van der Waals surface area (Å²) in [7, 11) is 0. The first-order valence-corrected chi connectivity index (χ1v) is 7.88. The van der Waals surface area contributed by atoms with Crippen LogP contribution in [0.25, 0.3) is 0 Å². The topological polar surface area (TPSA) is 39.7 Å². The maximum atomic E-state index is 4.56. The van der Waals surface area contributed by atoms with E-state index in [-0.39, 0.29) is 24.0 Å². The van der Waals surface area contributed by atoms with E-state index >= 15 is 0 Å². The fourth-order valence-electron chi connectivity index (χ4n) is 1.82. The Hall–Kier alpha value is -0.0400. The van der Waals surface area contributed by atoms with E-state index in [9.17, 15) is 0 Å². The average molecular weight is 398 g/mol. The summed E-state index contributed by atoms with van der Waals surface area (Å²) in [6, 6.07) is 0. The highest BCUT2D eigenvalue weighted by Gasteiger charge is 2.00. The van der Waals surface area contributed by atoms with Crippen LogP contribution < -0.4 is 10.6 Å². The number of guanidine groups is 1. The van der Waals surface area contributed by atoms with Gasteiger partial charge in [0.05, 0.1) is 0 Å². The molecule has 0 unspecified atom stereocenters. The predicted molar refractivity (Wildman–Crippen MR) is 101 cm³/mol. The van der Waals surface area contributed by atoms with Gasteiger partial charge >= 0.3 is 0 Å². The number of rotatable bonds is 10. The third-order valence-electron chi connectivity index (χ3n) is 3.05. The van der Waals surface area contributed by atoms with Crippen molar-refractivity contribution in [2.75, 3.05) is 39.3 Å². The Morgan fingerprint density at radius 3 is 2.20 bits per heavy atom. The van der Waals surface area contributed by atoms with Gasteiger partial charge in [0.2, 0.25) is 0 Å². The largest absolute Gasteiger partial charge is 0.357 e. The molecule has 2 N–H and O–H groups in total. The van der Waals surface area contributed by atoms with Crippen molar-refractivity contribution in [1.29, 1.82) is 0 Å². The molecule has 20 heavy (non-hydrogen) atoms. The van der Waals surface area contributed by atoms with Gasteiger partial charge in [-0.2, -0.15) is 0 Å². The Bertz CT molecular complexity index is 228. The standard InChI is InChI=1S/C15H34N4.HI/c1-6-16-15(18-13-14(4)5)17-11-9-10-12-19(7-2)8-3;/h14H,6-13H2,1-5H3,(H2,16,17,18);1H. The first kappa shape index (κ1) is 22.2. The lowest BCUT2D eigenvalue weighted by atomic mass is 10.2. The zero-order valence-corrected chi connectivity index (χ0v) is 16.4. The van der Waals surface area contributed by atoms with Crippen LogP contribution in [0.1, 0.15) is 47.5 Å². The van der Waals surface area contributed by atoms with Crippen molar-refractivity contribution in [2.24, 2.45) is 10.9 Å². The molecule has 0 aliphatic carbocycles. The van der Waals surface area contributed by atoms with Crippen LogP contribution in [0.15, 0.2) is 4.99 Å². The van der Waals surface area contributed by atoms with Gasteiger partial charge in [0.25, 0.3) is 0 Å². The molecule has 0 radical (unpaired) electrons. The molecule has 5 heteroatoms. The predicted octanol–water partition coefficient (Wildman–Crippen LogP) is 2.94. The smallest absolute Gasteiger partial charge is 0.191 e. The monoisotopic (exact) mass is 398 g/mol. The third kappa shape index (κ3) is 13.0. The van der Waals surface area contributed by atoms with Crippen molar-refractivity contribution in [1.82, 2.24) is 15.5 Å². The van der Waals surface area contributed by atoms with Crippen molar-refractivity contribution in [3.05, 3.63) is 0 Å². The number of hydrogen-bond acceptors (Lipinski definition) is 2. The first-order chi connectivity index (χ1) is 9.13. The molecule has 0 bridgehead atoms. The van der Waals surface area contributed by atoms with Crippen LogP contribution >= 0.6 is 24.0 Å². The normalized spacial score (nSPS) is 11.7. The Balaban J connectivity index is 0. The SMILES string of the molecule is CCNC(=NCC(C)C)NCCCCN(CC)CC.I. The molecule has 0 aromatic heterocycles. The molecular weight excluding hydrogens is 363 g/mol. The van der Waals surface area contributed by atoms with Gasteiger partial charge in [0.1, 0.15) is 0 Å². The second kappa shape index (κ2) is 15.4. The summed E-state index contributed by atoms with van der Waals surface area (Å²) in [5.41, 5.74) is 0. The third-order valence-corrected chi connectivity index (χ3v) is 3.05. The molecular formula is C15H35IN4. The molecule has 0 rings (SSSR count). The number of unbranched alkanes of at least 4 members (excludes halogenated alkanes) is 1. The molecule has 0 aromatic carbocycles. The van der Waals surface area contributed by atoms with Crippen molar-refractivity contribution in [3.8, 4) is 0 Å². The van der Waals surface area contributed by atoms with Crippen molar-refractivity contribution >= 4 is 29.9 Å². The van der Waals surface area contributed by atoms with Crippen LogP contribution in [0.5, 0.6) is 0 Å². The minimum absolute atomic E-state index is 0. The van der Waals surface area contributed by atoms with Crippen molar-refractivity contribution in [3.63, 3.8) is 0 Å². The van der Waals surface area contributed by atoms with Crippen molar-refractivity contribution in [2.45, 2.75) is 47.5 Å². The lowest BCUT2D eigenvalue weighted by Crippen LogP contribution is -2.38. The van der Waals surface area contributed by atoms with Crippen LogP contribution in [0.2, 0.25) is 0 Å². The van der Waals surface area contributed by atoms with E-state index in [1.165, 1.54) is 19.4 Å². The Kier molecular flexibility index (Phi) is 17.1. The minimum atomic E-state index is 0. The highest BCUT2D eigenvalue weighted by Crippen LogP contribution is 1.94. The van der Waals surface area contributed by atoms with E-state index in [1.54, 1.807) is 0 Å². The van der Waals surface area contributed by atoms with Gasteiger partial charge in [0.15, 0.2) is 5.96 Å². The highest BCUT2D eigenvalue weighted by atomic mass is 127. The van der Waals surface area contributed by atoms with E-state index < -0.39 is 0 Å². The van der Waals surface area contributed by atoms with Crippen LogP contribution in [0, 0.1) is 5.92 Å². The molecule has 122 valence electrons. The molecule has 0 aliphatic heterocycles. The van der Waals surface area contributed by atoms with E-state index in [4.69, 9.17) is 0 Å². The van der Waals surface area contributed by atoms with Crippen LogP contribution in [0.3, 0.4) is 0 Å². The molecule has 0 atom stereocenters. The fourth-order valence-corrected chi connectivity index (χ4v) is 1.82. The minimum Gasteiger partial charge on any atom is -0.357 e. The molecule has 0 fully saturated rings. The Morgan fingerprint density at radius 1 is 1.05 bits per heavy atom. The van der Waals surface area contributed by atoms with Gasteiger partial charge in [-0.15, -0.1) is 24.0 Å². The summed E-state index contributed by atoms with van der Waals surface area (Å²) in [4.78, 5) is 7.03.